The van der Waals surface area contributed by atoms with E-state index in [1.54, 1.807) is 0 Å². The van der Waals surface area contributed by atoms with Crippen molar-refractivity contribution in [2.75, 3.05) is 3.80 Å². The molecule has 0 saturated heterocycles. The van der Waals surface area contributed by atoms with Gasteiger partial charge in [0.15, 0.2) is 0 Å². The summed E-state index contributed by atoms with van der Waals surface area (Å²) in [4.78, 5) is 0. The van der Waals surface area contributed by atoms with E-state index in [4.69, 9.17) is 0 Å². The van der Waals surface area contributed by atoms with E-state index in [2.05, 4.69) is 88.8 Å². The van der Waals surface area contributed by atoms with Crippen LogP contribution in [0.15, 0.2) is 85.0 Å². The van der Waals surface area contributed by atoms with Crippen LogP contribution >= 0.6 is 24.8 Å². The summed E-state index contributed by atoms with van der Waals surface area (Å²) in [5.74, 6) is 0. The molecule has 3 aromatic rings. The van der Waals surface area contributed by atoms with Gasteiger partial charge in [-0.2, -0.15) is 0 Å². The van der Waals surface area contributed by atoms with Gasteiger partial charge >= 0.3 is 152 Å². The second kappa shape index (κ2) is 9.99. The fourth-order valence-corrected chi connectivity index (χ4v) is 4.82. The first kappa shape index (κ1) is 20.8. The van der Waals surface area contributed by atoms with Crippen LogP contribution in [0.3, 0.4) is 0 Å². The molecular weight excluding hydrogens is 397 g/mol. The average molecular weight is 418 g/mol. The van der Waals surface area contributed by atoms with Crippen molar-refractivity contribution in [3.63, 3.8) is 0 Å². The Morgan fingerprint density at radius 1 is 0.846 bits per heavy atom. The molecule has 132 valence electrons. The fourth-order valence-electron chi connectivity index (χ4n) is 3.23. The van der Waals surface area contributed by atoms with Gasteiger partial charge in [0, 0.05) is 0 Å². The molecule has 0 aliphatic heterocycles. The minimum absolute atomic E-state index is 0. The monoisotopic (exact) mass is 417 g/mol. The van der Waals surface area contributed by atoms with Crippen LogP contribution in [0.5, 0.6) is 0 Å². The van der Waals surface area contributed by atoms with E-state index < -0.39 is 0 Å². The zero-order chi connectivity index (χ0) is 16.2. The number of fused-ring (bicyclic) bond motifs is 1. The summed E-state index contributed by atoms with van der Waals surface area (Å²) in [5, 5.41) is 2.75. The maximum atomic E-state index is 3.67. The van der Waals surface area contributed by atoms with E-state index in [1.165, 1.54) is 33.2 Å². The summed E-state index contributed by atoms with van der Waals surface area (Å²) in [6, 6.07) is 23.9. The first-order valence-electron chi connectivity index (χ1n) is 8.32. The molecule has 1 nitrogen and oxygen atoms in total. The van der Waals surface area contributed by atoms with Crippen molar-refractivity contribution in [1.82, 2.24) is 0 Å². The second-order valence-electron chi connectivity index (χ2n) is 5.98. The molecular formula is C22H21Cl2NTi. The van der Waals surface area contributed by atoms with Crippen molar-refractivity contribution in [2.24, 2.45) is 0 Å². The molecule has 3 aromatic carbocycles. The van der Waals surface area contributed by atoms with Crippen molar-refractivity contribution >= 4 is 46.8 Å². The molecule has 0 radical (unpaired) electrons. The normalized spacial score (nSPS) is 12.1. The van der Waals surface area contributed by atoms with Gasteiger partial charge in [-0.1, -0.05) is 0 Å². The molecule has 1 N–H and O–H groups in total. The van der Waals surface area contributed by atoms with Gasteiger partial charge in [0.25, 0.3) is 0 Å². The maximum Gasteiger partial charge on any atom is -0.147 e. The summed E-state index contributed by atoms with van der Waals surface area (Å²) in [6.07, 6.45) is 7.73. The fraction of sp³-hybridized carbons (Fsp3) is 0.0909. The van der Waals surface area contributed by atoms with E-state index in [9.17, 15) is 0 Å². The minimum atomic E-state index is -0.284. The molecule has 0 bridgehead atoms. The number of hydrogen-bond donors (Lipinski definition) is 1. The largest absolute Gasteiger partial charge is 0.147 e. The smallest absolute Gasteiger partial charge is 0.147 e. The van der Waals surface area contributed by atoms with Crippen molar-refractivity contribution in [3.8, 4) is 0 Å². The van der Waals surface area contributed by atoms with E-state index in [-0.39, 0.29) is 44.2 Å². The van der Waals surface area contributed by atoms with Gasteiger partial charge < -0.3 is 0 Å². The minimum Gasteiger partial charge on any atom is -0.147 e. The van der Waals surface area contributed by atoms with Crippen LogP contribution in [0.4, 0.5) is 5.69 Å². The zero-order valence-electron chi connectivity index (χ0n) is 14.3. The number of halogens is 2. The summed E-state index contributed by atoms with van der Waals surface area (Å²) in [7, 11) is 0. The predicted molar refractivity (Wildman–Crippen MR) is 114 cm³/mol. The Morgan fingerprint density at radius 3 is 2.38 bits per heavy atom. The number of hydrogen-bond acceptors (Lipinski definition) is 1. The van der Waals surface area contributed by atoms with E-state index in [0.717, 1.165) is 11.1 Å². The quantitative estimate of drug-likeness (QED) is 0.459. The first-order chi connectivity index (χ1) is 11.9. The third kappa shape index (κ3) is 4.61. The number of para-hydroxylation sites is 1. The number of anilines is 1. The van der Waals surface area contributed by atoms with Crippen molar-refractivity contribution in [3.05, 3.63) is 96.1 Å². The summed E-state index contributed by atoms with van der Waals surface area (Å²) < 4.78 is 4.81. The third-order valence-corrected chi connectivity index (χ3v) is 5.98. The Balaban J connectivity index is 0.00000121. The molecule has 0 atom stereocenters. The number of rotatable bonds is 5. The van der Waals surface area contributed by atoms with Crippen LogP contribution in [0.1, 0.15) is 17.5 Å². The molecule has 1 aliphatic rings. The molecule has 0 unspecified atom stereocenters. The molecule has 0 saturated carbocycles. The van der Waals surface area contributed by atoms with Crippen molar-refractivity contribution in [1.29, 1.82) is 0 Å². The topological polar surface area (TPSA) is 12.0 Å². The van der Waals surface area contributed by atoms with Gasteiger partial charge in [-0.15, -0.1) is 24.8 Å². The Morgan fingerprint density at radius 2 is 1.62 bits per heavy atom. The van der Waals surface area contributed by atoms with Crippen LogP contribution in [0, 0.1) is 0 Å². The SMILES string of the molecule is C1=CCC(c2ccc3ccccc3c2[CH2][Ti][NH]c2ccccc2)=C1.Cl.Cl. The van der Waals surface area contributed by atoms with Gasteiger partial charge in [-0.05, 0) is 0 Å². The van der Waals surface area contributed by atoms with Gasteiger partial charge in [-0.3, -0.25) is 0 Å². The van der Waals surface area contributed by atoms with Gasteiger partial charge in [-0.25, -0.2) is 0 Å². The Kier molecular flexibility index (Phi) is 7.99. The van der Waals surface area contributed by atoms with Gasteiger partial charge in [0.1, 0.15) is 0 Å². The number of nitrogens with one attached hydrogen (secondary N) is 1. The van der Waals surface area contributed by atoms with Crippen molar-refractivity contribution < 1.29 is 19.4 Å². The Hall–Kier alpha value is -1.51. The van der Waals surface area contributed by atoms with Crippen LogP contribution in [-0.4, -0.2) is 0 Å². The summed E-state index contributed by atoms with van der Waals surface area (Å²) in [5.41, 5.74) is 5.62. The average Bonchev–Trinajstić information content (AvgIpc) is 3.17. The molecule has 0 amide bonds. The Bertz CT molecular complexity index is 920. The number of benzene rings is 3. The zero-order valence-corrected chi connectivity index (χ0v) is 17.5. The van der Waals surface area contributed by atoms with Crippen LogP contribution in [-0.2, 0) is 24.1 Å². The number of allylic oxidation sites excluding steroid dienone is 4. The van der Waals surface area contributed by atoms with Gasteiger partial charge in [0.05, 0.1) is 0 Å². The standard InChI is InChI=1S/C16H13.C6H6N.2ClH.Ti/c1-12-15-9-5-4-8-14(15)10-11-16(12)13-6-2-3-7-13;7-6-4-2-1-3-5-6;;;/h2-6,8-11H,1,7H2;1-5,7H;2*1H;/q;-1;;;+1. The molecule has 4 heteroatoms. The van der Waals surface area contributed by atoms with Crippen LogP contribution < -0.4 is 3.80 Å². The van der Waals surface area contributed by atoms with Crippen molar-refractivity contribution in [2.45, 2.75) is 11.1 Å². The van der Waals surface area contributed by atoms with Crippen LogP contribution in [0.25, 0.3) is 16.3 Å². The molecule has 26 heavy (non-hydrogen) atoms. The molecule has 0 heterocycles. The van der Waals surface area contributed by atoms with Crippen LogP contribution in [0.2, 0.25) is 0 Å². The second-order valence-corrected chi connectivity index (χ2v) is 7.48. The molecule has 0 fully saturated rings. The molecule has 1 aliphatic carbocycles. The molecule has 0 spiro atoms. The van der Waals surface area contributed by atoms with E-state index >= 15 is 0 Å². The van der Waals surface area contributed by atoms with Gasteiger partial charge in [0.2, 0.25) is 0 Å². The van der Waals surface area contributed by atoms with E-state index in [1.807, 2.05) is 0 Å². The third-order valence-electron chi connectivity index (χ3n) is 4.43. The molecule has 4 rings (SSSR count). The molecule has 0 aromatic heterocycles. The maximum absolute atomic E-state index is 3.67. The summed E-state index contributed by atoms with van der Waals surface area (Å²) >= 11 is -0.284. The predicted octanol–water partition coefficient (Wildman–Crippen LogP) is 6.64. The summed E-state index contributed by atoms with van der Waals surface area (Å²) in [6.45, 7) is 0. The Labute approximate surface area is 176 Å². The van der Waals surface area contributed by atoms with E-state index in [0.29, 0.717) is 0 Å². The first-order valence-corrected chi connectivity index (χ1v) is 10.2.